The molecule has 5 heteroatoms. The second kappa shape index (κ2) is 10.4. The molecule has 1 aromatic heterocycles. The Morgan fingerprint density at radius 1 is 0.929 bits per heavy atom. The van der Waals surface area contributed by atoms with Crippen LogP contribution in [0.25, 0.3) is 0 Å². The molecular weight excluding hydrogens is 352 g/mol. The van der Waals surface area contributed by atoms with Crippen molar-refractivity contribution in [2.75, 3.05) is 6.54 Å². The second-order valence-electron chi connectivity index (χ2n) is 5.90. The van der Waals surface area contributed by atoms with E-state index in [1.807, 2.05) is 66.7 Å². The number of nitrogens with zero attached hydrogens (tertiary/aromatic N) is 1. The summed E-state index contributed by atoms with van der Waals surface area (Å²) >= 11 is 0. The van der Waals surface area contributed by atoms with Crippen molar-refractivity contribution in [1.29, 1.82) is 0 Å². The highest BCUT2D eigenvalue weighted by Gasteiger charge is 2.00. The number of aromatic nitrogens is 1. The number of amides is 1. The molecule has 0 aliphatic rings. The highest BCUT2D eigenvalue weighted by Crippen LogP contribution is 2.12. The first-order valence-corrected chi connectivity index (χ1v) is 8.85. The first-order valence-electron chi connectivity index (χ1n) is 8.85. The summed E-state index contributed by atoms with van der Waals surface area (Å²) in [4.78, 5) is 15.8. The highest BCUT2D eigenvalue weighted by atomic mass is 16.5. The van der Waals surface area contributed by atoms with Gasteiger partial charge in [0.1, 0.15) is 19.0 Å². The number of ether oxygens (including phenoxy) is 2. The van der Waals surface area contributed by atoms with Gasteiger partial charge in [0.2, 0.25) is 0 Å². The van der Waals surface area contributed by atoms with Gasteiger partial charge in [-0.25, -0.2) is 4.79 Å². The van der Waals surface area contributed by atoms with E-state index in [1.165, 1.54) is 0 Å². The molecule has 1 heterocycles. The molecule has 1 N–H and O–H groups in total. The van der Waals surface area contributed by atoms with Crippen molar-refractivity contribution < 1.29 is 14.3 Å². The average Bonchev–Trinajstić information content (AvgIpc) is 2.76. The lowest BCUT2D eigenvalue weighted by atomic mass is 10.2. The number of hydrogen-bond acceptors (Lipinski definition) is 4. The van der Waals surface area contributed by atoms with Crippen LogP contribution >= 0.6 is 0 Å². The zero-order chi connectivity index (χ0) is 19.4. The smallest absolute Gasteiger partial charge is 0.408 e. The first kappa shape index (κ1) is 19.0. The van der Waals surface area contributed by atoms with Crippen molar-refractivity contribution in [3.05, 3.63) is 95.8 Å². The van der Waals surface area contributed by atoms with Crippen LogP contribution in [0.2, 0.25) is 0 Å². The summed E-state index contributed by atoms with van der Waals surface area (Å²) in [6.45, 7) is 0.877. The Morgan fingerprint density at radius 2 is 1.61 bits per heavy atom. The SMILES string of the molecule is O=C(NCC#Cc1cncc(OCc2ccccc2)c1)OCc1ccccc1. The van der Waals surface area contributed by atoms with E-state index in [9.17, 15) is 4.79 Å². The number of hydrogen-bond donors (Lipinski definition) is 1. The van der Waals surface area contributed by atoms with Gasteiger partial charge >= 0.3 is 6.09 Å². The van der Waals surface area contributed by atoms with Gasteiger partial charge in [0, 0.05) is 11.8 Å². The maximum Gasteiger partial charge on any atom is 0.408 e. The molecule has 2 aromatic carbocycles. The highest BCUT2D eigenvalue weighted by molar-refractivity contribution is 5.67. The van der Waals surface area contributed by atoms with E-state index in [4.69, 9.17) is 9.47 Å². The minimum atomic E-state index is -0.503. The summed E-state index contributed by atoms with van der Waals surface area (Å²) in [7, 11) is 0. The molecule has 0 aliphatic carbocycles. The number of rotatable bonds is 6. The lowest BCUT2D eigenvalue weighted by molar-refractivity contribution is 0.141. The molecular formula is C23H20N2O3. The number of pyridine rings is 1. The van der Waals surface area contributed by atoms with Crippen LogP contribution in [0.4, 0.5) is 4.79 Å². The summed E-state index contributed by atoms with van der Waals surface area (Å²) in [5.41, 5.74) is 2.73. The molecule has 0 saturated carbocycles. The number of alkyl carbamates (subject to hydrolysis) is 1. The molecule has 0 aliphatic heterocycles. The van der Waals surface area contributed by atoms with Crippen LogP contribution in [0, 0.1) is 11.8 Å². The summed E-state index contributed by atoms with van der Waals surface area (Å²) in [5.74, 6) is 6.47. The molecule has 0 fully saturated rings. The quantitative estimate of drug-likeness (QED) is 0.666. The fraction of sp³-hybridized carbons (Fsp3) is 0.130. The Labute approximate surface area is 164 Å². The normalized spacial score (nSPS) is 9.71. The zero-order valence-corrected chi connectivity index (χ0v) is 15.3. The third-order valence-corrected chi connectivity index (χ3v) is 3.73. The molecule has 0 atom stereocenters. The molecule has 140 valence electrons. The fourth-order valence-electron chi connectivity index (χ4n) is 2.34. The van der Waals surface area contributed by atoms with E-state index in [2.05, 4.69) is 22.1 Å². The molecule has 5 nitrogen and oxygen atoms in total. The van der Waals surface area contributed by atoms with E-state index in [1.54, 1.807) is 12.4 Å². The number of carbonyl (C=O) groups excluding carboxylic acids is 1. The van der Waals surface area contributed by atoms with Gasteiger partial charge in [0.25, 0.3) is 0 Å². The van der Waals surface area contributed by atoms with Crippen LogP contribution in [-0.2, 0) is 18.0 Å². The molecule has 0 spiro atoms. The van der Waals surface area contributed by atoms with Crippen LogP contribution in [0.1, 0.15) is 16.7 Å². The lowest BCUT2D eigenvalue weighted by Crippen LogP contribution is -2.24. The van der Waals surface area contributed by atoms with Crippen molar-refractivity contribution in [3.63, 3.8) is 0 Å². The van der Waals surface area contributed by atoms with Gasteiger partial charge < -0.3 is 14.8 Å². The summed E-state index contributed by atoms with van der Waals surface area (Å²) in [6.07, 6.45) is 2.79. The van der Waals surface area contributed by atoms with Crippen LogP contribution in [0.3, 0.4) is 0 Å². The molecule has 3 rings (SSSR count). The van der Waals surface area contributed by atoms with Gasteiger partial charge in [-0.2, -0.15) is 0 Å². The molecule has 0 saturated heterocycles. The second-order valence-corrected chi connectivity index (χ2v) is 5.90. The Morgan fingerprint density at radius 3 is 2.32 bits per heavy atom. The Hall–Kier alpha value is -3.78. The average molecular weight is 372 g/mol. The van der Waals surface area contributed by atoms with Gasteiger partial charge in [-0.1, -0.05) is 72.5 Å². The van der Waals surface area contributed by atoms with Crippen molar-refractivity contribution in [2.45, 2.75) is 13.2 Å². The molecule has 0 radical (unpaired) electrons. The number of benzene rings is 2. The predicted molar refractivity (Wildman–Crippen MR) is 107 cm³/mol. The largest absolute Gasteiger partial charge is 0.487 e. The maximum absolute atomic E-state index is 11.7. The van der Waals surface area contributed by atoms with E-state index < -0.39 is 6.09 Å². The monoisotopic (exact) mass is 372 g/mol. The Kier molecular flexibility index (Phi) is 7.05. The van der Waals surface area contributed by atoms with Gasteiger partial charge in [0.15, 0.2) is 0 Å². The Balaban J connectivity index is 1.43. The minimum absolute atomic E-state index is 0.183. The molecule has 0 unspecified atom stereocenters. The topological polar surface area (TPSA) is 60.5 Å². The van der Waals surface area contributed by atoms with Gasteiger partial charge in [0.05, 0.1) is 12.7 Å². The predicted octanol–water partition coefficient (Wildman–Crippen LogP) is 3.94. The Bertz CT molecular complexity index is 948. The third-order valence-electron chi connectivity index (χ3n) is 3.73. The van der Waals surface area contributed by atoms with E-state index in [0.29, 0.717) is 17.9 Å². The molecule has 1 amide bonds. The maximum atomic E-state index is 11.7. The van der Waals surface area contributed by atoms with Gasteiger partial charge in [-0.15, -0.1) is 0 Å². The zero-order valence-electron chi connectivity index (χ0n) is 15.3. The summed E-state index contributed by atoms with van der Waals surface area (Å²) < 4.78 is 10.9. The van der Waals surface area contributed by atoms with E-state index in [0.717, 1.165) is 11.1 Å². The van der Waals surface area contributed by atoms with Crippen molar-refractivity contribution in [2.24, 2.45) is 0 Å². The first-order chi connectivity index (χ1) is 13.8. The van der Waals surface area contributed by atoms with Gasteiger partial charge in [-0.3, -0.25) is 4.98 Å². The molecule has 0 bridgehead atoms. The van der Waals surface area contributed by atoms with Crippen molar-refractivity contribution in [3.8, 4) is 17.6 Å². The molecule has 28 heavy (non-hydrogen) atoms. The minimum Gasteiger partial charge on any atom is -0.487 e. The fourth-order valence-corrected chi connectivity index (χ4v) is 2.34. The number of carbonyl (C=O) groups is 1. The number of nitrogens with one attached hydrogen (secondary N) is 1. The summed E-state index contributed by atoms with van der Waals surface area (Å²) in [5, 5.41) is 2.60. The van der Waals surface area contributed by atoms with Crippen molar-refractivity contribution in [1.82, 2.24) is 10.3 Å². The van der Waals surface area contributed by atoms with E-state index >= 15 is 0 Å². The van der Waals surface area contributed by atoms with Crippen LogP contribution in [0.15, 0.2) is 79.1 Å². The molecule has 3 aromatic rings. The van der Waals surface area contributed by atoms with Crippen LogP contribution < -0.4 is 10.1 Å². The lowest BCUT2D eigenvalue weighted by Gasteiger charge is -2.06. The van der Waals surface area contributed by atoms with Crippen LogP contribution in [0.5, 0.6) is 5.75 Å². The third kappa shape index (κ3) is 6.50. The standard InChI is InChI=1S/C23H20N2O3/c26-23(28-18-20-10-5-2-6-11-20)25-13-7-12-21-14-22(16-24-15-21)27-17-19-8-3-1-4-9-19/h1-6,8-11,14-16H,13,17-18H2,(H,25,26). The van der Waals surface area contributed by atoms with Crippen LogP contribution in [-0.4, -0.2) is 17.6 Å². The van der Waals surface area contributed by atoms with Gasteiger partial charge in [-0.05, 0) is 17.2 Å². The van der Waals surface area contributed by atoms with E-state index in [-0.39, 0.29) is 13.2 Å². The summed E-state index contributed by atoms with van der Waals surface area (Å²) in [6, 6.07) is 21.2. The van der Waals surface area contributed by atoms with Crippen molar-refractivity contribution >= 4 is 6.09 Å².